The third-order valence-corrected chi connectivity index (χ3v) is 6.50. The quantitative estimate of drug-likeness (QED) is 0.613. The Morgan fingerprint density at radius 2 is 2.07 bits per heavy atom. The van der Waals surface area contributed by atoms with Crippen LogP contribution in [0.4, 0.5) is 0 Å². The number of fused-ring (bicyclic) bond motifs is 2. The SMILES string of the molecule is Cc1c(C(=O)O)sc2nc3n(c(=O)c12)CC/C3=C/c1ccc(OCCC(C)C)cc1. The number of carboxylic acids is 1. The second-order valence-corrected chi connectivity index (χ2v) is 8.95. The first-order valence-corrected chi connectivity index (χ1v) is 10.9. The molecule has 3 aromatic rings. The van der Waals surface area contributed by atoms with E-state index in [4.69, 9.17) is 4.74 Å². The van der Waals surface area contributed by atoms with Gasteiger partial charge in [0.1, 0.15) is 21.3 Å². The number of aromatic nitrogens is 2. The van der Waals surface area contributed by atoms with E-state index in [0.717, 1.165) is 41.1 Å². The Balaban J connectivity index is 1.64. The third-order valence-electron chi connectivity index (χ3n) is 5.32. The smallest absolute Gasteiger partial charge is 0.346 e. The van der Waals surface area contributed by atoms with Gasteiger partial charge in [-0.15, -0.1) is 11.3 Å². The van der Waals surface area contributed by atoms with Crippen LogP contribution in [0.5, 0.6) is 5.75 Å². The number of nitrogens with zero attached hydrogens (tertiary/aromatic N) is 2. The molecule has 0 saturated carbocycles. The molecule has 0 radical (unpaired) electrons. The highest BCUT2D eigenvalue weighted by Gasteiger charge is 2.25. The van der Waals surface area contributed by atoms with Crippen molar-refractivity contribution in [1.82, 2.24) is 9.55 Å². The normalized spacial score (nSPS) is 14.6. The third kappa shape index (κ3) is 3.77. The molecule has 156 valence electrons. The number of benzene rings is 1. The minimum Gasteiger partial charge on any atom is -0.494 e. The molecule has 0 bridgehead atoms. The van der Waals surface area contributed by atoms with E-state index in [-0.39, 0.29) is 10.4 Å². The lowest BCUT2D eigenvalue weighted by molar-refractivity contribution is 0.0701. The number of hydrogen-bond acceptors (Lipinski definition) is 5. The fourth-order valence-electron chi connectivity index (χ4n) is 3.63. The van der Waals surface area contributed by atoms with E-state index in [0.29, 0.717) is 40.7 Å². The van der Waals surface area contributed by atoms with E-state index in [1.54, 1.807) is 11.5 Å². The molecule has 30 heavy (non-hydrogen) atoms. The Morgan fingerprint density at radius 3 is 2.73 bits per heavy atom. The maximum absolute atomic E-state index is 13.0. The molecule has 6 nitrogen and oxygen atoms in total. The number of allylic oxidation sites excluding steroid dienone is 1. The summed E-state index contributed by atoms with van der Waals surface area (Å²) < 4.78 is 7.43. The first-order valence-electron chi connectivity index (χ1n) is 10.1. The van der Waals surface area contributed by atoms with Crippen molar-refractivity contribution in [2.45, 2.75) is 40.2 Å². The van der Waals surface area contributed by atoms with Crippen molar-refractivity contribution >= 4 is 39.2 Å². The molecule has 0 spiro atoms. The summed E-state index contributed by atoms with van der Waals surface area (Å²) in [4.78, 5) is 29.7. The number of aromatic carboxylic acids is 1. The summed E-state index contributed by atoms with van der Waals surface area (Å²) >= 11 is 1.06. The monoisotopic (exact) mass is 424 g/mol. The predicted molar refractivity (Wildman–Crippen MR) is 119 cm³/mol. The van der Waals surface area contributed by atoms with Crippen molar-refractivity contribution < 1.29 is 14.6 Å². The Labute approximate surface area is 178 Å². The molecule has 2 aromatic heterocycles. The van der Waals surface area contributed by atoms with Crippen molar-refractivity contribution in [1.29, 1.82) is 0 Å². The van der Waals surface area contributed by atoms with Crippen LogP contribution in [0, 0.1) is 12.8 Å². The van der Waals surface area contributed by atoms with Crippen LogP contribution in [0.25, 0.3) is 21.9 Å². The van der Waals surface area contributed by atoms with Gasteiger partial charge in [-0.3, -0.25) is 9.36 Å². The first kappa shape index (κ1) is 20.3. The summed E-state index contributed by atoms with van der Waals surface area (Å²) in [6.07, 6.45) is 3.77. The van der Waals surface area contributed by atoms with E-state index >= 15 is 0 Å². The van der Waals surface area contributed by atoms with Gasteiger partial charge in [0.05, 0.1) is 12.0 Å². The van der Waals surface area contributed by atoms with Crippen molar-refractivity contribution in [2.75, 3.05) is 6.61 Å². The van der Waals surface area contributed by atoms with E-state index in [1.807, 2.05) is 30.3 Å². The molecule has 0 amide bonds. The van der Waals surface area contributed by atoms with Crippen molar-refractivity contribution in [3.8, 4) is 5.75 Å². The second-order valence-electron chi connectivity index (χ2n) is 7.95. The number of carbonyl (C=O) groups is 1. The molecule has 0 fully saturated rings. The zero-order valence-electron chi connectivity index (χ0n) is 17.3. The molecule has 3 heterocycles. The van der Waals surface area contributed by atoms with Crippen LogP contribution in [0.2, 0.25) is 0 Å². The minimum absolute atomic E-state index is 0.159. The largest absolute Gasteiger partial charge is 0.494 e. The van der Waals surface area contributed by atoms with Crippen LogP contribution in [0.1, 0.15) is 53.3 Å². The number of hydrogen-bond donors (Lipinski definition) is 1. The Hall–Kier alpha value is -2.93. The lowest BCUT2D eigenvalue weighted by Gasteiger charge is -2.08. The first-order chi connectivity index (χ1) is 14.3. The number of rotatable bonds is 6. The van der Waals surface area contributed by atoms with Gasteiger partial charge in [0, 0.05) is 6.54 Å². The van der Waals surface area contributed by atoms with Gasteiger partial charge >= 0.3 is 5.97 Å². The minimum atomic E-state index is -1.02. The molecule has 7 heteroatoms. The van der Waals surface area contributed by atoms with Crippen LogP contribution >= 0.6 is 11.3 Å². The fraction of sp³-hybridized carbons (Fsp3) is 0.348. The van der Waals surface area contributed by atoms with E-state index in [1.165, 1.54) is 0 Å². The summed E-state index contributed by atoms with van der Waals surface area (Å²) in [6.45, 7) is 7.27. The maximum Gasteiger partial charge on any atom is 0.346 e. The molecule has 0 unspecified atom stereocenters. The van der Waals surface area contributed by atoms with Gasteiger partial charge in [0.2, 0.25) is 0 Å². The number of thiophene rings is 1. The average Bonchev–Trinajstić information content (AvgIpc) is 3.25. The van der Waals surface area contributed by atoms with Gasteiger partial charge in [0.15, 0.2) is 0 Å². The highest BCUT2D eigenvalue weighted by Crippen LogP contribution is 2.32. The average molecular weight is 425 g/mol. The van der Waals surface area contributed by atoms with Crippen LogP contribution in [-0.4, -0.2) is 27.2 Å². The maximum atomic E-state index is 13.0. The van der Waals surface area contributed by atoms with Crippen molar-refractivity contribution in [3.05, 3.63) is 56.4 Å². The Kier molecular flexibility index (Phi) is 5.47. The molecular weight excluding hydrogens is 400 g/mol. The zero-order valence-corrected chi connectivity index (χ0v) is 18.1. The lowest BCUT2D eigenvalue weighted by atomic mass is 10.1. The zero-order chi connectivity index (χ0) is 21.4. The number of carboxylic acid groups (broad SMARTS) is 1. The molecular formula is C23H24N2O4S. The summed E-state index contributed by atoms with van der Waals surface area (Å²) in [5.74, 6) is 1.06. The summed E-state index contributed by atoms with van der Waals surface area (Å²) in [7, 11) is 0. The van der Waals surface area contributed by atoms with Crippen LogP contribution in [0.15, 0.2) is 29.1 Å². The summed E-state index contributed by atoms with van der Waals surface area (Å²) in [6, 6.07) is 7.89. The van der Waals surface area contributed by atoms with Crippen LogP contribution < -0.4 is 10.3 Å². The number of ether oxygens (including phenoxy) is 1. The fourth-order valence-corrected chi connectivity index (χ4v) is 4.64. The van der Waals surface area contributed by atoms with Gasteiger partial charge in [-0.25, -0.2) is 9.78 Å². The van der Waals surface area contributed by atoms with E-state index in [9.17, 15) is 14.7 Å². The van der Waals surface area contributed by atoms with Crippen LogP contribution in [0.3, 0.4) is 0 Å². The second kappa shape index (κ2) is 8.07. The standard InChI is InChI=1S/C23H24N2O4S/c1-13(2)9-11-29-17-6-4-15(5-7-17)12-16-8-10-25-20(16)24-21-18(22(25)26)14(3)19(30-21)23(27)28/h4-7,12-13H,8-11H2,1-3H3,(H,27,28)/b16-12-. The molecule has 0 atom stereocenters. The van der Waals surface area contributed by atoms with Crippen molar-refractivity contribution in [2.24, 2.45) is 5.92 Å². The number of aryl methyl sites for hydroxylation is 1. The highest BCUT2D eigenvalue weighted by atomic mass is 32.1. The molecule has 0 saturated heterocycles. The topological polar surface area (TPSA) is 81.4 Å². The van der Waals surface area contributed by atoms with E-state index in [2.05, 4.69) is 18.8 Å². The summed E-state index contributed by atoms with van der Waals surface area (Å²) in [5.41, 5.74) is 2.33. The Bertz CT molecular complexity index is 1200. The van der Waals surface area contributed by atoms with Crippen LogP contribution in [-0.2, 0) is 6.54 Å². The highest BCUT2D eigenvalue weighted by molar-refractivity contribution is 7.20. The van der Waals surface area contributed by atoms with Gasteiger partial charge in [-0.1, -0.05) is 26.0 Å². The van der Waals surface area contributed by atoms with Crippen molar-refractivity contribution in [3.63, 3.8) is 0 Å². The predicted octanol–water partition coefficient (Wildman–Crippen LogP) is 4.83. The van der Waals surface area contributed by atoms with E-state index < -0.39 is 5.97 Å². The molecule has 1 N–H and O–H groups in total. The summed E-state index contributed by atoms with van der Waals surface area (Å²) in [5, 5.41) is 9.79. The Morgan fingerprint density at radius 1 is 1.33 bits per heavy atom. The van der Waals surface area contributed by atoms with Gasteiger partial charge in [-0.05, 0) is 60.6 Å². The van der Waals surface area contributed by atoms with Gasteiger partial charge < -0.3 is 9.84 Å². The lowest BCUT2D eigenvalue weighted by Crippen LogP contribution is -2.20. The molecule has 1 aromatic carbocycles. The molecule has 4 rings (SSSR count). The van der Waals surface area contributed by atoms with Gasteiger partial charge in [-0.2, -0.15) is 0 Å². The molecule has 0 aliphatic carbocycles. The molecule has 1 aliphatic rings. The van der Waals surface area contributed by atoms with Gasteiger partial charge in [0.25, 0.3) is 5.56 Å². The molecule has 1 aliphatic heterocycles.